The number of aromatic nitrogens is 4. The number of hydrogen-bond acceptors (Lipinski definition) is 5. The Morgan fingerprint density at radius 1 is 1.53 bits per heavy atom. The SMILES string of the molecule is O=C(O)Cn1nnnc1SCc1cccc(Cl)c1F. The van der Waals surface area contributed by atoms with Crippen LogP contribution in [-0.2, 0) is 17.1 Å². The Hall–Kier alpha value is -1.67. The molecule has 0 aliphatic heterocycles. The standard InChI is InChI=1S/C10H8ClFN4O2S/c11-7-3-1-2-6(9(7)12)5-19-10-13-14-15-16(10)4-8(17)18/h1-3H,4-5H2,(H,17,18). The average Bonchev–Trinajstić information content (AvgIpc) is 2.78. The van der Waals surface area contributed by atoms with E-state index >= 15 is 0 Å². The van der Waals surface area contributed by atoms with Crippen molar-refractivity contribution in [2.24, 2.45) is 0 Å². The molecule has 0 fully saturated rings. The highest BCUT2D eigenvalue weighted by atomic mass is 35.5. The lowest BCUT2D eigenvalue weighted by atomic mass is 10.2. The molecule has 6 nitrogen and oxygen atoms in total. The van der Waals surface area contributed by atoms with Gasteiger partial charge in [-0.3, -0.25) is 4.79 Å². The summed E-state index contributed by atoms with van der Waals surface area (Å²) in [5.41, 5.74) is 0.405. The number of benzene rings is 1. The zero-order valence-corrected chi connectivity index (χ0v) is 11.0. The minimum absolute atomic E-state index is 0.0447. The highest BCUT2D eigenvalue weighted by molar-refractivity contribution is 7.98. The summed E-state index contributed by atoms with van der Waals surface area (Å²) >= 11 is 6.80. The first-order valence-corrected chi connectivity index (χ1v) is 6.48. The molecule has 19 heavy (non-hydrogen) atoms. The third kappa shape index (κ3) is 3.42. The van der Waals surface area contributed by atoms with Gasteiger partial charge in [0.2, 0.25) is 5.16 Å². The molecule has 0 radical (unpaired) electrons. The zero-order valence-electron chi connectivity index (χ0n) is 9.45. The number of nitrogens with zero attached hydrogens (tertiary/aromatic N) is 4. The number of rotatable bonds is 5. The van der Waals surface area contributed by atoms with Gasteiger partial charge >= 0.3 is 5.97 Å². The summed E-state index contributed by atoms with van der Waals surface area (Å²) in [6, 6.07) is 4.70. The Morgan fingerprint density at radius 2 is 2.32 bits per heavy atom. The van der Waals surface area contributed by atoms with Gasteiger partial charge in [0, 0.05) is 5.75 Å². The van der Waals surface area contributed by atoms with Gasteiger partial charge in [0.25, 0.3) is 0 Å². The summed E-state index contributed by atoms with van der Waals surface area (Å²) in [6.07, 6.45) is 0. The molecule has 2 rings (SSSR count). The van der Waals surface area contributed by atoms with Crippen LogP contribution in [0.2, 0.25) is 5.02 Å². The fourth-order valence-corrected chi connectivity index (χ4v) is 2.38. The Labute approximate surface area is 116 Å². The first kappa shape index (κ1) is 13.8. The highest BCUT2D eigenvalue weighted by Crippen LogP contribution is 2.25. The summed E-state index contributed by atoms with van der Waals surface area (Å²) in [5, 5.41) is 19.6. The molecule has 1 aromatic heterocycles. The summed E-state index contributed by atoms with van der Waals surface area (Å²) in [5.74, 6) is -1.29. The van der Waals surface area contributed by atoms with E-state index in [2.05, 4.69) is 15.5 Å². The molecule has 2 aromatic rings. The summed E-state index contributed by atoms with van der Waals surface area (Å²) in [7, 11) is 0. The number of aliphatic carboxylic acids is 1. The molecule has 0 spiro atoms. The van der Waals surface area contributed by atoms with Crippen LogP contribution in [0.3, 0.4) is 0 Å². The minimum Gasteiger partial charge on any atom is -0.480 e. The van der Waals surface area contributed by atoms with Gasteiger partial charge in [-0.15, -0.1) is 5.10 Å². The van der Waals surface area contributed by atoms with Crippen LogP contribution < -0.4 is 0 Å². The van der Waals surface area contributed by atoms with Crippen LogP contribution in [0, 0.1) is 5.82 Å². The third-order valence-corrected chi connectivity index (χ3v) is 3.47. The lowest BCUT2D eigenvalue weighted by Gasteiger charge is -2.04. The molecule has 0 atom stereocenters. The molecule has 0 unspecified atom stereocenters. The van der Waals surface area contributed by atoms with Gasteiger partial charge in [0.1, 0.15) is 12.4 Å². The van der Waals surface area contributed by atoms with E-state index in [-0.39, 0.29) is 17.3 Å². The van der Waals surface area contributed by atoms with Crippen LogP contribution in [0.25, 0.3) is 0 Å². The fourth-order valence-electron chi connectivity index (χ4n) is 1.33. The van der Waals surface area contributed by atoms with Crippen LogP contribution in [0.15, 0.2) is 23.4 Å². The lowest BCUT2D eigenvalue weighted by molar-refractivity contribution is -0.138. The van der Waals surface area contributed by atoms with Crippen molar-refractivity contribution in [1.29, 1.82) is 0 Å². The Bertz CT molecular complexity index is 607. The highest BCUT2D eigenvalue weighted by Gasteiger charge is 2.12. The normalized spacial score (nSPS) is 10.6. The molecule has 1 heterocycles. The average molecular weight is 303 g/mol. The molecule has 0 saturated carbocycles. The van der Waals surface area contributed by atoms with Crippen LogP contribution >= 0.6 is 23.4 Å². The van der Waals surface area contributed by atoms with Crippen molar-refractivity contribution in [2.75, 3.05) is 0 Å². The maximum Gasteiger partial charge on any atom is 0.325 e. The molecule has 0 aliphatic rings. The van der Waals surface area contributed by atoms with Crippen molar-refractivity contribution >= 4 is 29.3 Å². The van der Waals surface area contributed by atoms with Gasteiger partial charge in [-0.2, -0.15) is 0 Å². The van der Waals surface area contributed by atoms with Crippen LogP contribution in [-0.4, -0.2) is 31.3 Å². The van der Waals surface area contributed by atoms with E-state index < -0.39 is 11.8 Å². The summed E-state index contributed by atoms with van der Waals surface area (Å²) < 4.78 is 14.8. The van der Waals surface area contributed by atoms with E-state index in [9.17, 15) is 9.18 Å². The van der Waals surface area contributed by atoms with E-state index in [0.29, 0.717) is 10.7 Å². The van der Waals surface area contributed by atoms with E-state index in [4.69, 9.17) is 16.7 Å². The molecule has 100 valence electrons. The van der Waals surface area contributed by atoms with Crippen molar-refractivity contribution < 1.29 is 14.3 Å². The minimum atomic E-state index is -1.05. The van der Waals surface area contributed by atoms with E-state index in [0.717, 1.165) is 16.4 Å². The molecule has 0 bridgehead atoms. The number of carboxylic acids is 1. The van der Waals surface area contributed by atoms with Crippen molar-refractivity contribution in [3.63, 3.8) is 0 Å². The van der Waals surface area contributed by atoms with E-state index in [1.807, 2.05) is 0 Å². The molecular formula is C10H8ClFN4O2S. The molecule has 0 aliphatic carbocycles. The van der Waals surface area contributed by atoms with Crippen LogP contribution in [0.5, 0.6) is 0 Å². The molecule has 9 heteroatoms. The number of tetrazole rings is 1. The van der Waals surface area contributed by atoms with Gasteiger partial charge in [-0.25, -0.2) is 9.07 Å². The monoisotopic (exact) mass is 302 g/mol. The first-order valence-electron chi connectivity index (χ1n) is 5.11. The number of hydrogen-bond donors (Lipinski definition) is 1. The van der Waals surface area contributed by atoms with Crippen molar-refractivity contribution in [3.8, 4) is 0 Å². The second-order valence-electron chi connectivity index (χ2n) is 3.51. The smallest absolute Gasteiger partial charge is 0.325 e. The quantitative estimate of drug-likeness (QED) is 0.849. The van der Waals surface area contributed by atoms with Crippen molar-refractivity contribution in [2.45, 2.75) is 17.5 Å². The number of carboxylic acid groups (broad SMARTS) is 1. The van der Waals surface area contributed by atoms with Crippen molar-refractivity contribution in [3.05, 3.63) is 34.6 Å². The summed E-state index contributed by atoms with van der Waals surface area (Å²) in [6.45, 7) is -0.340. The molecule has 0 saturated heterocycles. The van der Waals surface area contributed by atoms with Crippen LogP contribution in [0.4, 0.5) is 4.39 Å². The predicted octanol–water partition coefficient (Wildman–Crippen LogP) is 1.84. The molecular weight excluding hydrogens is 295 g/mol. The van der Waals surface area contributed by atoms with Gasteiger partial charge in [-0.05, 0) is 22.1 Å². The van der Waals surface area contributed by atoms with Crippen LogP contribution in [0.1, 0.15) is 5.56 Å². The van der Waals surface area contributed by atoms with E-state index in [1.165, 1.54) is 6.07 Å². The Kier molecular flexibility index (Phi) is 4.33. The maximum absolute atomic E-state index is 13.6. The molecule has 1 aromatic carbocycles. The van der Waals surface area contributed by atoms with Crippen molar-refractivity contribution in [1.82, 2.24) is 20.2 Å². The first-order chi connectivity index (χ1) is 9.08. The molecule has 0 amide bonds. The second kappa shape index (κ2) is 5.98. The van der Waals surface area contributed by atoms with E-state index in [1.54, 1.807) is 12.1 Å². The fraction of sp³-hybridized carbons (Fsp3) is 0.200. The second-order valence-corrected chi connectivity index (χ2v) is 4.86. The molecule has 1 N–H and O–H groups in total. The van der Waals surface area contributed by atoms with Gasteiger partial charge < -0.3 is 5.11 Å². The third-order valence-electron chi connectivity index (χ3n) is 2.17. The van der Waals surface area contributed by atoms with Gasteiger partial charge in [0.15, 0.2) is 0 Å². The van der Waals surface area contributed by atoms with Gasteiger partial charge in [0.05, 0.1) is 5.02 Å². The maximum atomic E-state index is 13.6. The number of carbonyl (C=O) groups is 1. The summed E-state index contributed by atoms with van der Waals surface area (Å²) in [4.78, 5) is 10.6. The Morgan fingerprint density at radius 3 is 3.05 bits per heavy atom. The number of halogens is 2. The topological polar surface area (TPSA) is 80.9 Å². The predicted molar refractivity (Wildman–Crippen MR) is 66.4 cm³/mol. The largest absolute Gasteiger partial charge is 0.480 e. The Balaban J connectivity index is 2.08. The van der Waals surface area contributed by atoms with Gasteiger partial charge in [-0.1, -0.05) is 35.5 Å². The zero-order chi connectivity index (χ0) is 13.8. The lowest BCUT2D eigenvalue weighted by Crippen LogP contribution is -2.11. The number of thioether (sulfide) groups is 1.